The van der Waals surface area contributed by atoms with Crippen molar-refractivity contribution in [3.8, 4) is 6.07 Å². The Bertz CT molecular complexity index is 529. The number of hydrogen-bond donors (Lipinski definition) is 2. The van der Waals surface area contributed by atoms with Gasteiger partial charge in [-0.3, -0.25) is 0 Å². The van der Waals surface area contributed by atoms with Gasteiger partial charge >= 0.3 is 6.18 Å². The fourth-order valence-corrected chi connectivity index (χ4v) is 2.60. The number of aliphatic hydroxyl groups is 1. The molecule has 3 nitrogen and oxygen atoms in total. The van der Waals surface area contributed by atoms with E-state index in [9.17, 15) is 18.3 Å². The lowest BCUT2D eigenvalue weighted by Crippen LogP contribution is -2.23. The van der Waals surface area contributed by atoms with Crippen LogP contribution in [0.5, 0.6) is 0 Å². The van der Waals surface area contributed by atoms with E-state index >= 15 is 0 Å². The van der Waals surface area contributed by atoms with Gasteiger partial charge in [0.15, 0.2) is 0 Å². The Kier molecular flexibility index (Phi) is 4.73. The van der Waals surface area contributed by atoms with Gasteiger partial charge in [0.05, 0.1) is 23.3 Å². The van der Waals surface area contributed by atoms with Crippen LogP contribution in [0.3, 0.4) is 0 Å². The van der Waals surface area contributed by atoms with Crippen molar-refractivity contribution in [3.05, 3.63) is 29.3 Å². The summed E-state index contributed by atoms with van der Waals surface area (Å²) >= 11 is 0. The normalized spacial score (nSPS) is 22.6. The molecule has 0 aromatic heterocycles. The Hall–Kier alpha value is -1.74. The van der Waals surface area contributed by atoms with Crippen LogP contribution in [0, 0.1) is 17.2 Å². The Balaban J connectivity index is 2.03. The van der Waals surface area contributed by atoms with E-state index in [1.807, 2.05) is 0 Å². The summed E-state index contributed by atoms with van der Waals surface area (Å²) in [6, 6.07) is 5.23. The molecule has 0 amide bonds. The molecule has 0 aliphatic heterocycles. The van der Waals surface area contributed by atoms with Gasteiger partial charge in [0.1, 0.15) is 0 Å². The molecule has 1 aliphatic carbocycles. The smallest absolute Gasteiger partial charge is 0.393 e. The summed E-state index contributed by atoms with van der Waals surface area (Å²) in [5.41, 5.74) is -0.907. The second kappa shape index (κ2) is 6.35. The third kappa shape index (κ3) is 4.11. The first-order valence-corrected chi connectivity index (χ1v) is 6.93. The van der Waals surface area contributed by atoms with E-state index < -0.39 is 11.7 Å². The molecule has 0 spiro atoms. The Morgan fingerprint density at radius 2 is 1.90 bits per heavy atom. The SMILES string of the molecule is N#Cc1ccc(NCC2CCC(O)CC2)cc1C(F)(F)F. The third-order valence-electron chi connectivity index (χ3n) is 3.86. The van der Waals surface area contributed by atoms with Gasteiger partial charge in [0.25, 0.3) is 0 Å². The molecule has 0 atom stereocenters. The maximum atomic E-state index is 12.8. The van der Waals surface area contributed by atoms with E-state index in [4.69, 9.17) is 5.26 Å². The number of nitrogens with zero attached hydrogens (tertiary/aromatic N) is 1. The quantitative estimate of drug-likeness (QED) is 0.897. The third-order valence-corrected chi connectivity index (χ3v) is 3.86. The maximum absolute atomic E-state index is 12.8. The Morgan fingerprint density at radius 3 is 2.48 bits per heavy atom. The van der Waals surface area contributed by atoms with Crippen LogP contribution in [0.4, 0.5) is 18.9 Å². The van der Waals surface area contributed by atoms with Gasteiger partial charge < -0.3 is 10.4 Å². The molecule has 1 aromatic rings. The lowest BCUT2D eigenvalue weighted by atomic mass is 9.87. The fourth-order valence-electron chi connectivity index (χ4n) is 2.60. The number of aliphatic hydroxyl groups excluding tert-OH is 1. The second-order valence-corrected chi connectivity index (χ2v) is 5.43. The zero-order chi connectivity index (χ0) is 15.5. The highest BCUT2D eigenvalue weighted by atomic mass is 19.4. The van der Waals surface area contributed by atoms with Crippen molar-refractivity contribution < 1.29 is 18.3 Å². The average molecular weight is 298 g/mol. The number of anilines is 1. The maximum Gasteiger partial charge on any atom is 0.417 e. The highest BCUT2D eigenvalue weighted by molar-refractivity contribution is 5.53. The van der Waals surface area contributed by atoms with E-state index in [0.29, 0.717) is 18.2 Å². The van der Waals surface area contributed by atoms with Crippen molar-refractivity contribution in [3.63, 3.8) is 0 Å². The number of hydrogen-bond acceptors (Lipinski definition) is 3. The molecule has 1 aromatic carbocycles. The van der Waals surface area contributed by atoms with E-state index in [1.165, 1.54) is 12.1 Å². The van der Waals surface area contributed by atoms with E-state index in [-0.39, 0.29) is 11.7 Å². The lowest BCUT2D eigenvalue weighted by Gasteiger charge is -2.26. The molecule has 114 valence electrons. The van der Waals surface area contributed by atoms with Gasteiger partial charge in [0.2, 0.25) is 0 Å². The van der Waals surface area contributed by atoms with Crippen LogP contribution in [0.15, 0.2) is 18.2 Å². The minimum Gasteiger partial charge on any atom is -0.393 e. The zero-order valence-electron chi connectivity index (χ0n) is 11.5. The van der Waals surface area contributed by atoms with E-state index in [2.05, 4.69) is 5.32 Å². The van der Waals surface area contributed by atoms with Gasteiger partial charge in [-0.2, -0.15) is 18.4 Å². The van der Waals surface area contributed by atoms with Crippen LogP contribution in [-0.4, -0.2) is 17.8 Å². The molecule has 0 unspecified atom stereocenters. The van der Waals surface area contributed by atoms with Crippen molar-refractivity contribution in [2.45, 2.75) is 38.0 Å². The van der Waals surface area contributed by atoms with Crippen LogP contribution in [0.1, 0.15) is 36.8 Å². The van der Waals surface area contributed by atoms with Crippen molar-refractivity contribution in [1.29, 1.82) is 5.26 Å². The molecule has 6 heteroatoms. The van der Waals surface area contributed by atoms with Gasteiger partial charge in [0, 0.05) is 12.2 Å². The summed E-state index contributed by atoms with van der Waals surface area (Å²) in [5, 5.41) is 21.2. The molecule has 0 heterocycles. The number of alkyl halides is 3. The molecule has 0 saturated heterocycles. The van der Waals surface area contributed by atoms with Crippen LogP contribution >= 0.6 is 0 Å². The number of nitrogens with one attached hydrogen (secondary N) is 1. The van der Waals surface area contributed by atoms with Gasteiger partial charge in [-0.1, -0.05) is 0 Å². The number of rotatable bonds is 3. The molecular weight excluding hydrogens is 281 g/mol. The van der Waals surface area contributed by atoms with Crippen LogP contribution in [-0.2, 0) is 6.18 Å². The summed E-state index contributed by atoms with van der Waals surface area (Å²) in [6.45, 7) is 0.579. The minimum atomic E-state index is -4.53. The number of benzene rings is 1. The van der Waals surface area contributed by atoms with Gasteiger partial charge in [-0.25, -0.2) is 0 Å². The monoisotopic (exact) mass is 298 g/mol. The molecule has 1 aliphatic rings. The molecular formula is C15H17F3N2O. The summed E-state index contributed by atoms with van der Waals surface area (Å²) in [4.78, 5) is 0. The minimum absolute atomic E-state index is 0.243. The number of nitriles is 1. The lowest BCUT2D eigenvalue weighted by molar-refractivity contribution is -0.137. The highest BCUT2D eigenvalue weighted by Gasteiger charge is 2.33. The van der Waals surface area contributed by atoms with Crippen LogP contribution < -0.4 is 5.32 Å². The Labute approximate surface area is 121 Å². The molecule has 2 rings (SSSR count). The summed E-state index contributed by atoms with van der Waals surface area (Å²) in [5.74, 6) is 0.360. The second-order valence-electron chi connectivity index (χ2n) is 5.43. The molecule has 1 saturated carbocycles. The zero-order valence-corrected chi connectivity index (χ0v) is 11.5. The average Bonchev–Trinajstić information content (AvgIpc) is 2.45. The summed E-state index contributed by atoms with van der Waals surface area (Å²) in [7, 11) is 0. The van der Waals surface area contributed by atoms with Crippen molar-refractivity contribution in [2.24, 2.45) is 5.92 Å². The van der Waals surface area contributed by atoms with Gasteiger partial charge in [-0.15, -0.1) is 0 Å². The predicted molar refractivity (Wildman–Crippen MR) is 72.6 cm³/mol. The van der Waals surface area contributed by atoms with E-state index in [1.54, 1.807) is 6.07 Å². The Morgan fingerprint density at radius 1 is 1.24 bits per heavy atom. The molecule has 21 heavy (non-hydrogen) atoms. The van der Waals surface area contributed by atoms with Crippen molar-refractivity contribution >= 4 is 5.69 Å². The van der Waals surface area contributed by atoms with Crippen molar-refractivity contribution in [1.82, 2.24) is 0 Å². The standard InChI is InChI=1S/C15H17F3N2O/c16-15(17,18)14-7-12(4-3-11(14)8-19)20-9-10-1-5-13(21)6-2-10/h3-4,7,10,13,20-21H,1-2,5-6,9H2. The summed E-state index contributed by atoms with van der Waals surface area (Å²) in [6.07, 6.45) is -1.54. The van der Waals surface area contributed by atoms with Crippen LogP contribution in [0.2, 0.25) is 0 Å². The summed E-state index contributed by atoms with van der Waals surface area (Å²) < 4.78 is 38.5. The first-order valence-electron chi connectivity index (χ1n) is 6.93. The highest BCUT2D eigenvalue weighted by Crippen LogP contribution is 2.33. The first-order chi connectivity index (χ1) is 9.90. The van der Waals surface area contributed by atoms with Crippen molar-refractivity contribution in [2.75, 3.05) is 11.9 Å². The molecule has 0 radical (unpaired) electrons. The number of halogens is 3. The first kappa shape index (κ1) is 15.6. The predicted octanol–water partition coefficient (Wildman–Crippen LogP) is 3.54. The molecule has 0 bridgehead atoms. The van der Waals surface area contributed by atoms with Crippen LogP contribution in [0.25, 0.3) is 0 Å². The largest absolute Gasteiger partial charge is 0.417 e. The molecule has 1 fully saturated rings. The molecule has 2 N–H and O–H groups in total. The van der Waals surface area contributed by atoms with Gasteiger partial charge in [-0.05, 0) is 49.8 Å². The van der Waals surface area contributed by atoms with E-state index in [0.717, 1.165) is 31.7 Å². The topological polar surface area (TPSA) is 56.0 Å². The fraction of sp³-hybridized carbons (Fsp3) is 0.533.